The predicted octanol–water partition coefficient (Wildman–Crippen LogP) is 1.09. The van der Waals surface area contributed by atoms with Crippen LogP contribution in [0.4, 0.5) is 11.5 Å². The summed E-state index contributed by atoms with van der Waals surface area (Å²) in [6.45, 7) is 2.02. The van der Waals surface area contributed by atoms with Crippen LogP contribution < -0.4 is 10.2 Å². The molecule has 2 N–H and O–H groups in total. The quantitative estimate of drug-likeness (QED) is 0.781. The Morgan fingerprint density at radius 3 is 2.61 bits per heavy atom. The van der Waals surface area contributed by atoms with Crippen LogP contribution in [0.15, 0.2) is 18.3 Å². The Hall–Kier alpha value is -2.11. The number of carbonyl (C=O) groups excluding carboxylic acids is 1. The van der Waals surface area contributed by atoms with E-state index in [4.69, 9.17) is 5.11 Å². The second-order valence-electron chi connectivity index (χ2n) is 4.22. The third-order valence-corrected chi connectivity index (χ3v) is 2.77. The highest BCUT2D eigenvalue weighted by Crippen LogP contribution is 2.18. The second-order valence-corrected chi connectivity index (χ2v) is 4.22. The number of aromatic nitrogens is 1. The number of carbonyl (C=O) groups is 2. The Kier molecular flexibility index (Phi) is 3.76. The lowest BCUT2D eigenvalue weighted by Crippen LogP contribution is -2.19. The number of carboxylic acids is 1. The van der Waals surface area contributed by atoms with Crippen LogP contribution in [-0.4, -0.2) is 35.1 Å². The van der Waals surface area contributed by atoms with Gasteiger partial charge in [-0.15, -0.1) is 0 Å². The normalized spacial score (nSPS) is 14.6. The van der Waals surface area contributed by atoms with Gasteiger partial charge in [-0.1, -0.05) is 0 Å². The van der Waals surface area contributed by atoms with Crippen molar-refractivity contribution in [1.82, 2.24) is 4.98 Å². The summed E-state index contributed by atoms with van der Waals surface area (Å²) >= 11 is 0. The van der Waals surface area contributed by atoms with E-state index in [9.17, 15) is 9.59 Å². The summed E-state index contributed by atoms with van der Waals surface area (Å²) in [5.74, 6) is -0.795. The Bertz CT molecular complexity index is 438. The van der Waals surface area contributed by atoms with Crippen molar-refractivity contribution < 1.29 is 14.7 Å². The molecule has 6 heteroatoms. The van der Waals surface area contributed by atoms with Gasteiger partial charge in [-0.25, -0.2) is 4.98 Å². The molecule has 1 aromatic heterocycles. The van der Waals surface area contributed by atoms with E-state index in [0.717, 1.165) is 18.9 Å². The van der Waals surface area contributed by atoms with Crippen LogP contribution in [0.3, 0.4) is 0 Å². The lowest BCUT2D eigenvalue weighted by Gasteiger charge is -2.16. The van der Waals surface area contributed by atoms with Gasteiger partial charge in [-0.2, -0.15) is 0 Å². The summed E-state index contributed by atoms with van der Waals surface area (Å²) in [4.78, 5) is 28.0. The van der Waals surface area contributed by atoms with Crippen molar-refractivity contribution in [2.45, 2.75) is 19.3 Å². The molecule has 0 aliphatic carbocycles. The molecule has 0 radical (unpaired) electrons. The number of nitrogens with one attached hydrogen (secondary N) is 1. The van der Waals surface area contributed by atoms with E-state index in [1.54, 1.807) is 12.3 Å². The molecular weight excluding hydrogens is 234 g/mol. The first-order valence-electron chi connectivity index (χ1n) is 5.88. The lowest BCUT2D eigenvalue weighted by atomic mass is 10.3. The van der Waals surface area contributed by atoms with E-state index in [2.05, 4.69) is 15.2 Å². The van der Waals surface area contributed by atoms with E-state index in [1.165, 1.54) is 12.8 Å². The minimum atomic E-state index is -1.14. The van der Waals surface area contributed by atoms with E-state index >= 15 is 0 Å². The fourth-order valence-corrected chi connectivity index (χ4v) is 1.94. The van der Waals surface area contributed by atoms with Gasteiger partial charge in [0.15, 0.2) is 0 Å². The van der Waals surface area contributed by atoms with Gasteiger partial charge in [-0.3, -0.25) is 9.59 Å². The van der Waals surface area contributed by atoms with Crippen molar-refractivity contribution in [3.05, 3.63) is 18.3 Å². The fraction of sp³-hybridized carbons (Fsp3) is 0.417. The summed E-state index contributed by atoms with van der Waals surface area (Å²) in [5, 5.41) is 11.0. The van der Waals surface area contributed by atoms with Crippen LogP contribution in [0.2, 0.25) is 0 Å². The summed E-state index contributed by atoms with van der Waals surface area (Å²) in [6, 6.07) is 3.57. The molecule has 1 saturated heterocycles. The van der Waals surface area contributed by atoms with Crippen LogP contribution in [0, 0.1) is 0 Å². The molecule has 1 amide bonds. The molecular formula is C12H15N3O3. The van der Waals surface area contributed by atoms with E-state index in [-0.39, 0.29) is 0 Å². The van der Waals surface area contributed by atoms with Crippen molar-refractivity contribution in [2.75, 3.05) is 23.3 Å². The Labute approximate surface area is 105 Å². The van der Waals surface area contributed by atoms with Crippen molar-refractivity contribution in [3.63, 3.8) is 0 Å². The molecule has 1 aliphatic rings. The molecule has 0 saturated carbocycles. The number of carboxylic acid groups (broad SMARTS) is 1. The summed E-state index contributed by atoms with van der Waals surface area (Å²) in [6.07, 6.45) is 3.37. The van der Waals surface area contributed by atoms with Gasteiger partial charge < -0.3 is 15.3 Å². The number of rotatable bonds is 4. The highest BCUT2D eigenvalue weighted by atomic mass is 16.4. The summed E-state index contributed by atoms with van der Waals surface area (Å²) in [5.41, 5.74) is 0.518. The first-order valence-corrected chi connectivity index (χ1v) is 5.88. The molecule has 1 aromatic rings. The molecule has 2 heterocycles. The average molecular weight is 249 g/mol. The van der Waals surface area contributed by atoms with E-state index in [1.807, 2.05) is 6.07 Å². The SMILES string of the molecule is O=C(O)CC(=O)Nc1ccc(N2CCCC2)nc1. The van der Waals surface area contributed by atoms with Crippen molar-refractivity contribution in [1.29, 1.82) is 0 Å². The second kappa shape index (κ2) is 5.48. The zero-order valence-corrected chi connectivity index (χ0v) is 9.93. The molecule has 6 nitrogen and oxygen atoms in total. The van der Waals surface area contributed by atoms with Gasteiger partial charge in [0.05, 0.1) is 11.9 Å². The molecule has 1 aliphatic heterocycles. The highest BCUT2D eigenvalue weighted by Gasteiger charge is 2.13. The Morgan fingerprint density at radius 1 is 1.33 bits per heavy atom. The maximum absolute atomic E-state index is 11.2. The molecule has 1 fully saturated rings. The van der Waals surface area contributed by atoms with Gasteiger partial charge in [0.2, 0.25) is 5.91 Å². The topological polar surface area (TPSA) is 82.5 Å². The van der Waals surface area contributed by atoms with Gasteiger partial charge in [0.1, 0.15) is 12.2 Å². The van der Waals surface area contributed by atoms with Crippen LogP contribution in [0.1, 0.15) is 19.3 Å². The average Bonchev–Trinajstić information content (AvgIpc) is 2.82. The van der Waals surface area contributed by atoms with Gasteiger partial charge in [0.25, 0.3) is 0 Å². The fourth-order valence-electron chi connectivity index (χ4n) is 1.94. The first-order chi connectivity index (χ1) is 8.65. The van der Waals surface area contributed by atoms with Gasteiger partial charge in [-0.05, 0) is 25.0 Å². The minimum absolute atomic E-state index is 0.518. The zero-order valence-electron chi connectivity index (χ0n) is 9.93. The van der Waals surface area contributed by atoms with Crippen LogP contribution >= 0.6 is 0 Å². The summed E-state index contributed by atoms with van der Waals surface area (Å²) < 4.78 is 0. The lowest BCUT2D eigenvalue weighted by molar-refractivity contribution is -0.139. The van der Waals surface area contributed by atoms with Gasteiger partial charge in [0, 0.05) is 13.1 Å². The van der Waals surface area contributed by atoms with Crippen LogP contribution in [0.25, 0.3) is 0 Å². The van der Waals surface area contributed by atoms with E-state index < -0.39 is 18.3 Å². The highest BCUT2D eigenvalue weighted by molar-refractivity contribution is 6.01. The number of pyridine rings is 1. The number of hydrogen-bond donors (Lipinski definition) is 2. The largest absolute Gasteiger partial charge is 0.481 e. The molecule has 0 bridgehead atoms. The maximum atomic E-state index is 11.2. The molecule has 18 heavy (non-hydrogen) atoms. The first kappa shape index (κ1) is 12.3. The molecule has 0 aromatic carbocycles. The molecule has 0 spiro atoms. The number of nitrogens with zero attached hydrogens (tertiary/aromatic N) is 2. The molecule has 0 atom stereocenters. The van der Waals surface area contributed by atoms with E-state index in [0.29, 0.717) is 5.69 Å². The standard InChI is InChI=1S/C12H15N3O3/c16-11(7-12(17)18)14-9-3-4-10(13-8-9)15-5-1-2-6-15/h3-4,8H,1-2,5-7H2,(H,14,16)(H,17,18). The molecule has 2 rings (SSSR count). The molecule has 0 unspecified atom stereocenters. The Balaban J connectivity index is 1.94. The van der Waals surface area contributed by atoms with Crippen LogP contribution in [0.5, 0.6) is 0 Å². The van der Waals surface area contributed by atoms with Crippen LogP contribution in [-0.2, 0) is 9.59 Å². The number of anilines is 2. The molecule has 96 valence electrons. The summed E-state index contributed by atoms with van der Waals surface area (Å²) in [7, 11) is 0. The third kappa shape index (κ3) is 3.19. The smallest absolute Gasteiger partial charge is 0.312 e. The predicted molar refractivity (Wildman–Crippen MR) is 66.6 cm³/mol. The van der Waals surface area contributed by atoms with Crippen molar-refractivity contribution in [2.24, 2.45) is 0 Å². The van der Waals surface area contributed by atoms with Gasteiger partial charge >= 0.3 is 5.97 Å². The third-order valence-electron chi connectivity index (χ3n) is 2.77. The minimum Gasteiger partial charge on any atom is -0.481 e. The maximum Gasteiger partial charge on any atom is 0.312 e. The number of aliphatic carboxylic acids is 1. The van der Waals surface area contributed by atoms with Crippen molar-refractivity contribution >= 4 is 23.4 Å². The Morgan fingerprint density at radius 2 is 2.06 bits per heavy atom. The zero-order chi connectivity index (χ0) is 13.0. The van der Waals surface area contributed by atoms with Crippen molar-refractivity contribution in [3.8, 4) is 0 Å². The monoisotopic (exact) mass is 249 g/mol. The number of amides is 1. The number of hydrogen-bond acceptors (Lipinski definition) is 4.